The van der Waals surface area contributed by atoms with Gasteiger partial charge in [-0.15, -0.1) is 11.3 Å². The fourth-order valence-electron chi connectivity index (χ4n) is 4.82. The van der Waals surface area contributed by atoms with Crippen LogP contribution in [0.15, 0.2) is 40.8 Å². The SMILES string of the molecule is CC1CN(CC2CCN(C(=O)c3ccc(-c4nc5ccccc5s4)o3)CC2)CC(C)O1. The Morgan fingerprint density at radius 3 is 2.58 bits per heavy atom. The fraction of sp³-hybridized carbons (Fsp3) is 0.500. The van der Waals surface area contributed by atoms with E-state index in [2.05, 4.69) is 23.7 Å². The average Bonchev–Trinajstić information content (AvgIpc) is 3.40. The number of nitrogens with zero attached hydrogens (tertiary/aromatic N) is 3. The van der Waals surface area contributed by atoms with Crippen LogP contribution in [-0.2, 0) is 4.74 Å². The molecule has 0 spiro atoms. The zero-order valence-corrected chi connectivity index (χ0v) is 18.9. The van der Waals surface area contributed by atoms with Gasteiger partial charge < -0.3 is 14.1 Å². The molecule has 2 aliphatic rings. The first-order valence-corrected chi connectivity index (χ1v) is 12.0. The second-order valence-electron chi connectivity index (χ2n) is 8.86. The Balaban J connectivity index is 1.18. The number of rotatable bonds is 4. The molecule has 164 valence electrons. The molecule has 5 rings (SSSR count). The van der Waals surface area contributed by atoms with Gasteiger partial charge >= 0.3 is 0 Å². The quantitative estimate of drug-likeness (QED) is 0.598. The summed E-state index contributed by atoms with van der Waals surface area (Å²) >= 11 is 1.58. The van der Waals surface area contributed by atoms with E-state index < -0.39 is 0 Å². The van der Waals surface area contributed by atoms with E-state index in [1.165, 1.54) is 0 Å². The van der Waals surface area contributed by atoms with Crippen molar-refractivity contribution >= 4 is 27.5 Å². The van der Waals surface area contributed by atoms with Gasteiger partial charge in [-0.3, -0.25) is 9.69 Å². The molecule has 31 heavy (non-hydrogen) atoms. The van der Waals surface area contributed by atoms with Crippen molar-refractivity contribution in [2.75, 3.05) is 32.7 Å². The van der Waals surface area contributed by atoms with E-state index in [0.29, 0.717) is 29.6 Å². The summed E-state index contributed by atoms with van der Waals surface area (Å²) in [6, 6.07) is 11.7. The minimum absolute atomic E-state index is 0.0144. The summed E-state index contributed by atoms with van der Waals surface area (Å²) in [6.07, 6.45) is 2.68. The van der Waals surface area contributed by atoms with Gasteiger partial charge in [-0.05, 0) is 56.9 Å². The van der Waals surface area contributed by atoms with E-state index >= 15 is 0 Å². The van der Waals surface area contributed by atoms with Crippen LogP contribution in [0.3, 0.4) is 0 Å². The van der Waals surface area contributed by atoms with Gasteiger partial charge in [0.2, 0.25) is 0 Å². The zero-order valence-electron chi connectivity index (χ0n) is 18.1. The van der Waals surface area contributed by atoms with Crippen LogP contribution in [0, 0.1) is 5.92 Å². The monoisotopic (exact) mass is 439 g/mol. The van der Waals surface area contributed by atoms with Gasteiger partial charge in [0.25, 0.3) is 5.91 Å². The number of para-hydroxylation sites is 1. The van der Waals surface area contributed by atoms with Crippen molar-refractivity contribution in [2.45, 2.75) is 38.9 Å². The average molecular weight is 440 g/mol. The third-order valence-electron chi connectivity index (χ3n) is 6.23. The molecule has 2 aromatic heterocycles. The molecule has 1 aromatic carbocycles. The van der Waals surface area contributed by atoms with Gasteiger partial charge in [0.05, 0.1) is 22.4 Å². The summed E-state index contributed by atoms with van der Waals surface area (Å²) in [6.45, 7) is 8.98. The molecule has 4 heterocycles. The lowest BCUT2D eigenvalue weighted by Crippen LogP contribution is -2.48. The minimum Gasteiger partial charge on any atom is -0.448 e. The highest BCUT2D eigenvalue weighted by Gasteiger charge is 2.29. The molecule has 2 fully saturated rings. The highest BCUT2D eigenvalue weighted by atomic mass is 32.1. The largest absolute Gasteiger partial charge is 0.448 e. The Hall–Kier alpha value is -2.22. The first-order chi connectivity index (χ1) is 15.0. The third kappa shape index (κ3) is 4.54. The van der Waals surface area contributed by atoms with E-state index in [0.717, 1.165) is 60.8 Å². The van der Waals surface area contributed by atoms with Crippen LogP contribution >= 0.6 is 11.3 Å². The minimum atomic E-state index is -0.0144. The van der Waals surface area contributed by atoms with Crippen LogP contribution in [0.5, 0.6) is 0 Å². The second kappa shape index (κ2) is 8.73. The van der Waals surface area contributed by atoms with Crippen LogP contribution in [0.2, 0.25) is 0 Å². The number of ether oxygens (including phenoxy) is 1. The maximum atomic E-state index is 13.0. The molecule has 2 atom stereocenters. The number of aromatic nitrogens is 1. The molecule has 0 saturated carbocycles. The number of amides is 1. The first-order valence-electron chi connectivity index (χ1n) is 11.2. The van der Waals surface area contributed by atoms with Crippen LogP contribution in [-0.4, -0.2) is 65.6 Å². The number of carbonyl (C=O) groups excluding carboxylic acids is 1. The number of piperidine rings is 1. The van der Waals surface area contributed by atoms with Crippen molar-refractivity contribution in [3.63, 3.8) is 0 Å². The van der Waals surface area contributed by atoms with Crippen LogP contribution in [0.4, 0.5) is 0 Å². The molecule has 2 aliphatic heterocycles. The van der Waals surface area contributed by atoms with E-state index in [4.69, 9.17) is 9.15 Å². The molecule has 0 radical (unpaired) electrons. The summed E-state index contributed by atoms with van der Waals surface area (Å²) in [5.41, 5.74) is 0.956. The highest BCUT2D eigenvalue weighted by molar-refractivity contribution is 7.21. The molecular weight excluding hydrogens is 410 g/mol. The smallest absolute Gasteiger partial charge is 0.289 e. The molecule has 1 amide bonds. The summed E-state index contributed by atoms with van der Waals surface area (Å²) in [7, 11) is 0. The lowest BCUT2D eigenvalue weighted by atomic mass is 9.95. The lowest BCUT2D eigenvalue weighted by molar-refractivity contribution is -0.0729. The van der Waals surface area contributed by atoms with E-state index in [9.17, 15) is 4.79 Å². The number of likely N-dealkylation sites (tertiary alicyclic amines) is 1. The van der Waals surface area contributed by atoms with Crippen molar-refractivity contribution in [1.82, 2.24) is 14.8 Å². The van der Waals surface area contributed by atoms with Crippen molar-refractivity contribution in [1.29, 1.82) is 0 Å². The van der Waals surface area contributed by atoms with Crippen LogP contribution < -0.4 is 0 Å². The number of furan rings is 1. The van der Waals surface area contributed by atoms with E-state index in [1.54, 1.807) is 17.4 Å². The van der Waals surface area contributed by atoms with Crippen LogP contribution in [0.25, 0.3) is 21.0 Å². The zero-order chi connectivity index (χ0) is 21.4. The van der Waals surface area contributed by atoms with Gasteiger partial charge in [-0.2, -0.15) is 0 Å². The molecule has 3 aromatic rings. The maximum absolute atomic E-state index is 13.0. The Kier molecular flexibility index (Phi) is 5.82. The van der Waals surface area contributed by atoms with Crippen molar-refractivity contribution < 1.29 is 13.9 Å². The molecule has 0 bridgehead atoms. The summed E-state index contributed by atoms with van der Waals surface area (Å²) in [5, 5.41) is 0.813. The molecule has 0 N–H and O–H groups in total. The maximum Gasteiger partial charge on any atom is 0.289 e. The number of thiazole rings is 1. The van der Waals surface area contributed by atoms with Crippen molar-refractivity contribution in [2.24, 2.45) is 5.92 Å². The standard InChI is InChI=1S/C24H29N3O3S/c1-16-13-26(14-17(2)29-16)15-18-9-11-27(12-10-18)24(28)21-8-7-20(30-21)23-25-19-5-3-4-6-22(19)31-23/h3-8,16-18H,9-15H2,1-2H3. The topological polar surface area (TPSA) is 58.8 Å². The number of hydrogen-bond acceptors (Lipinski definition) is 6. The Morgan fingerprint density at radius 1 is 1.10 bits per heavy atom. The molecule has 2 unspecified atom stereocenters. The second-order valence-corrected chi connectivity index (χ2v) is 9.89. The summed E-state index contributed by atoms with van der Waals surface area (Å²) in [5.74, 6) is 1.69. The first kappa shape index (κ1) is 20.7. The van der Waals surface area contributed by atoms with Crippen LogP contribution in [0.1, 0.15) is 37.2 Å². The predicted molar refractivity (Wildman–Crippen MR) is 122 cm³/mol. The van der Waals surface area contributed by atoms with E-state index in [-0.39, 0.29) is 5.91 Å². The Morgan fingerprint density at radius 2 is 1.84 bits per heavy atom. The fourth-order valence-corrected chi connectivity index (χ4v) is 5.75. The molecule has 0 aliphatic carbocycles. The van der Waals surface area contributed by atoms with E-state index in [1.807, 2.05) is 35.2 Å². The van der Waals surface area contributed by atoms with Gasteiger partial charge in [0, 0.05) is 32.7 Å². The van der Waals surface area contributed by atoms with Crippen molar-refractivity contribution in [3.05, 3.63) is 42.2 Å². The van der Waals surface area contributed by atoms with Crippen molar-refractivity contribution in [3.8, 4) is 10.8 Å². The molecule has 6 nitrogen and oxygen atoms in total. The van der Waals surface area contributed by atoms with Gasteiger partial charge in [-0.25, -0.2) is 4.98 Å². The summed E-state index contributed by atoms with van der Waals surface area (Å²) < 4.78 is 12.9. The third-order valence-corrected chi connectivity index (χ3v) is 7.29. The molecular formula is C24H29N3O3S. The van der Waals surface area contributed by atoms with Gasteiger partial charge in [0.15, 0.2) is 16.5 Å². The molecule has 7 heteroatoms. The Labute approximate surface area is 186 Å². The Bertz CT molecular complexity index is 1010. The van der Waals surface area contributed by atoms with Gasteiger partial charge in [-0.1, -0.05) is 12.1 Å². The number of carbonyl (C=O) groups is 1. The summed E-state index contributed by atoms with van der Waals surface area (Å²) in [4.78, 5) is 22.1. The normalized spacial score (nSPS) is 23.5. The van der Waals surface area contributed by atoms with Gasteiger partial charge in [0.1, 0.15) is 0 Å². The predicted octanol–water partition coefficient (Wildman–Crippen LogP) is 4.52. The number of hydrogen-bond donors (Lipinski definition) is 0. The number of fused-ring (bicyclic) bond motifs is 1. The lowest BCUT2D eigenvalue weighted by Gasteiger charge is -2.39. The number of morpholine rings is 1. The number of benzene rings is 1. The highest BCUT2D eigenvalue weighted by Crippen LogP contribution is 2.31. The molecule has 2 saturated heterocycles.